The molecule has 0 saturated heterocycles. The lowest BCUT2D eigenvalue weighted by Crippen LogP contribution is -2.08. The molecule has 0 spiro atoms. The van der Waals surface area contributed by atoms with E-state index in [4.69, 9.17) is 4.74 Å². The van der Waals surface area contributed by atoms with Crippen LogP contribution in [-0.2, 0) is 4.79 Å². The van der Waals surface area contributed by atoms with Gasteiger partial charge in [-0.25, -0.2) is 0 Å². The van der Waals surface area contributed by atoms with Crippen LogP contribution in [0.15, 0.2) is 24.3 Å². The van der Waals surface area contributed by atoms with E-state index in [9.17, 15) is 4.79 Å². The van der Waals surface area contributed by atoms with Crippen LogP contribution < -0.4 is 4.74 Å². The lowest BCUT2D eigenvalue weighted by molar-refractivity contribution is -0.118. The summed E-state index contributed by atoms with van der Waals surface area (Å²) < 4.78 is 5.08. The van der Waals surface area contributed by atoms with Crippen LogP contribution in [-0.4, -0.2) is 12.9 Å². The lowest BCUT2D eigenvalue weighted by atomic mass is 9.91. The van der Waals surface area contributed by atoms with Gasteiger partial charge in [-0.05, 0) is 31.0 Å². The molecule has 82 valence electrons. The van der Waals surface area contributed by atoms with Crippen molar-refractivity contribution in [1.29, 1.82) is 0 Å². The first-order chi connectivity index (χ1) is 7.19. The molecule has 1 aromatic carbocycles. The molecule has 0 fully saturated rings. The Hall–Kier alpha value is -1.31. The van der Waals surface area contributed by atoms with Gasteiger partial charge < -0.3 is 4.74 Å². The Labute approximate surface area is 91.3 Å². The summed E-state index contributed by atoms with van der Waals surface area (Å²) in [5.74, 6) is 1.11. The summed E-state index contributed by atoms with van der Waals surface area (Å²) in [6.45, 7) is 3.75. The number of hydrogen-bond acceptors (Lipinski definition) is 2. The van der Waals surface area contributed by atoms with Crippen LogP contribution in [0.25, 0.3) is 0 Å². The monoisotopic (exact) mass is 206 g/mol. The number of rotatable bonds is 5. The fourth-order valence-corrected chi connectivity index (χ4v) is 1.73. The van der Waals surface area contributed by atoms with Gasteiger partial charge in [0.15, 0.2) is 0 Å². The van der Waals surface area contributed by atoms with Crippen LogP contribution >= 0.6 is 0 Å². The Morgan fingerprint density at radius 3 is 2.33 bits per heavy atom. The zero-order chi connectivity index (χ0) is 11.3. The minimum Gasteiger partial charge on any atom is -0.497 e. The maximum absolute atomic E-state index is 11.5. The number of hydrogen-bond donors (Lipinski definition) is 0. The first-order valence-corrected chi connectivity index (χ1v) is 5.33. The second-order valence-corrected chi connectivity index (χ2v) is 3.73. The molecule has 0 aromatic heterocycles. The van der Waals surface area contributed by atoms with Gasteiger partial charge in [0.25, 0.3) is 0 Å². The van der Waals surface area contributed by atoms with E-state index < -0.39 is 0 Å². The highest BCUT2D eigenvalue weighted by Crippen LogP contribution is 2.24. The Morgan fingerprint density at radius 1 is 1.33 bits per heavy atom. The van der Waals surface area contributed by atoms with Crippen LogP contribution in [0.3, 0.4) is 0 Å². The van der Waals surface area contributed by atoms with Crippen molar-refractivity contribution in [2.75, 3.05) is 7.11 Å². The molecule has 0 radical (unpaired) electrons. The molecule has 2 nitrogen and oxygen atoms in total. The molecule has 1 rings (SSSR count). The molecule has 0 aliphatic rings. The fourth-order valence-electron chi connectivity index (χ4n) is 1.73. The second kappa shape index (κ2) is 5.54. The van der Waals surface area contributed by atoms with Crippen molar-refractivity contribution >= 4 is 5.78 Å². The van der Waals surface area contributed by atoms with E-state index in [1.165, 1.54) is 0 Å². The Morgan fingerprint density at radius 2 is 1.93 bits per heavy atom. The number of methoxy groups -OCH3 is 1. The molecule has 0 amide bonds. The normalized spacial score (nSPS) is 12.2. The van der Waals surface area contributed by atoms with E-state index in [1.54, 1.807) is 14.0 Å². The molecule has 0 N–H and O–H groups in total. The third kappa shape index (κ3) is 3.08. The van der Waals surface area contributed by atoms with Crippen LogP contribution in [0.2, 0.25) is 0 Å². The molecule has 0 aliphatic heterocycles. The summed E-state index contributed by atoms with van der Waals surface area (Å²) in [7, 11) is 1.64. The molecule has 1 unspecified atom stereocenters. The predicted octanol–water partition coefficient (Wildman–Crippen LogP) is 3.17. The number of Topliss-reactive ketones (excluding diaryl/α,β-unsaturated/α-hetero) is 1. The molecule has 1 atom stereocenters. The summed E-state index contributed by atoms with van der Waals surface area (Å²) in [6, 6.07) is 7.75. The SMILES string of the molecule is CCCC(C(C)=O)c1ccc(OC)cc1. The molecular weight excluding hydrogens is 188 g/mol. The minimum absolute atomic E-state index is 0.0425. The summed E-state index contributed by atoms with van der Waals surface area (Å²) >= 11 is 0. The molecule has 0 bridgehead atoms. The standard InChI is InChI=1S/C13H18O2/c1-4-5-13(10(2)14)11-6-8-12(15-3)9-7-11/h6-9,13H,4-5H2,1-3H3. The van der Waals surface area contributed by atoms with E-state index in [2.05, 4.69) is 6.92 Å². The van der Waals surface area contributed by atoms with Crippen LogP contribution in [0.5, 0.6) is 5.75 Å². The molecule has 0 heterocycles. The second-order valence-electron chi connectivity index (χ2n) is 3.73. The summed E-state index contributed by atoms with van der Waals surface area (Å²) in [5, 5.41) is 0. The average Bonchev–Trinajstić information content (AvgIpc) is 2.26. The number of ether oxygens (including phenoxy) is 1. The number of ketones is 1. The minimum atomic E-state index is 0.0425. The zero-order valence-corrected chi connectivity index (χ0v) is 9.62. The van der Waals surface area contributed by atoms with Crippen LogP contribution in [0, 0.1) is 0 Å². The molecular formula is C13H18O2. The Kier molecular flexibility index (Phi) is 4.35. The van der Waals surface area contributed by atoms with Crippen LogP contribution in [0.4, 0.5) is 0 Å². The highest BCUT2D eigenvalue weighted by molar-refractivity contribution is 5.83. The highest BCUT2D eigenvalue weighted by Gasteiger charge is 2.15. The van der Waals surface area contributed by atoms with Crippen molar-refractivity contribution in [1.82, 2.24) is 0 Å². The van der Waals surface area contributed by atoms with Gasteiger partial charge in [-0.1, -0.05) is 25.5 Å². The summed E-state index contributed by atoms with van der Waals surface area (Å²) in [6.07, 6.45) is 1.94. The molecule has 2 heteroatoms. The van der Waals surface area contributed by atoms with E-state index in [-0.39, 0.29) is 11.7 Å². The number of benzene rings is 1. The molecule has 0 saturated carbocycles. The first-order valence-electron chi connectivity index (χ1n) is 5.33. The average molecular weight is 206 g/mol. The van der Waals surface area contributed by atoms with Gasteiger partial charge >= 0.3 is 0 Å². The number of carbonyl (C=O) groups is 1. The van der Waals surface area contributed by atoms with Crippen molar-refractivity contribution in [2.24, 2.45) is 0 Å². The van der Waals surface area contributed by atoms with Crippen molar-refractivity contribution in [3.05, 3.63) is 29.8 Å². The molecule has 0 aliphatic carbocycles. The van der Waals surface area contributed by atoms with Gasteiger partial charge in [-0.15, -0.1) is 0 Å². The summed E-state index contributed by atoms with van der Waals surface area (Å²) in [4.78, 5) is 11.5. The third-order valence-corrected chi connectivity index (χ3v) is 2.59. The zero-order valence-electron chi connectivity index (χ0n) is 9.62. The predicted molar refractivity (Wildman–Crippen MR) is 61.3 cm³/mol. The Balaban J connectivity index is 2.86. The van der Waals surface area contributed by atoms with Crippen molar-refractivity contribution in [3.8, 4) is 5.75 Å². The Bertz CT molecular complexity index is 314. The first kappa shape index (κ1) is 11.8. The van der Waals surface area contributed by atoms with Gasteiger partial charge in [0.1, 0.15) is 11.5 Å². The smallest absolute Gasteiger partial charge is 0.137 e. The van der Waals surface area contributed by atoms with Gasteiger partial charge in [0.05, 0.1) is 7.11 Å². The van der Waals surface area contributed by atoms with Gasteiger partial charge in [-0.2, -0.15) is 0 Å². The quantitative estimate of drug-likeness (QED) is 0.739. The van der Waals surface area contributed by atoms with Gasteiger partial charge in [0, 0.05) is 5.92 Å². The fraction of sp³-hybridized carbons (Fsp3) is 0.462. The third-order valence-electron chi connectivity index (χ3n) is 2.59. The maximum Gasteiger partial charge on any atom is 0.137 e. The molecule has 1 aromatic rings. The van der Waals surface area contributed by atoms with Gasteiger partial charge in [0.2, 0.25) is 0 Å². The van der Waals surface area contributed by atoms with E-state index in [0.29, 0.717) is 0 Å². The molecule has 15 heavy (non-hydrogen) atoms. The van der Waals surface area contributed by atoms with E-state index in [1.807, 2.05) is 24.3 Å². The van der Waals surface area contributed by atoms with Crippen LogP contribution in [0.1, 0.15) is 38.2 Å². The lowest BCUT2D eigenvalue weighted by Gasteiger charge is -2.13. The topological polar surface area (TPSA) is 26.3 Å². The van der Waals surface area contributed by atoms with E-state index >= 15 is 0 Å². The summed E-state index contributed by atoms with van der Waals surface area (Å²) in [5.41, 5.74) is 1.09. The van der Waals surface area contributed by atoms with Gasteiger partial charge in [-0.3, -0.25) is 4.79 Å². The largest absolute Gasteiger partial charge is 0.497 e. The van der Waals surface area contributed by atoms with E-state index in [0.717, 1.165) is 24.2 Å². The van der Waals surface area contributed by atoms with Crippen molar-refractivity contribution in [2.45, 2.75) is 32.6 Å². The number of carbonyl (C=O) groups excluding carboxylic acids is 1. The highest BCUT2D eigenvalue weighted by atomic mass is 16.5. The maximum atomic E-state index is 11.5. The van der Waals surface area contributed by atoms with Crippen molar-refractivity contribution in [3.63, 3.8) is 0 Å². The van der Waals surface area contributed by atoms with Crippen molar-refractivity contribution < 1.29 is 9.53 Å².